The lowest BCUT2D eigenvalue weighted by molar-refractivity contribution is -0.118. The van der Waals surface area contributed by atoms with Gasteiger partial charge in [0, 0.05) is 30.4 Å². The quantitative estimate of drug-likeness (QED) is 0.208. The number of aliphatic hydroxyl groups is 1. The van der Waals surface area contributed by atoms with Gasteiger partial charge >= 0.3 is 0 Å². The number of nitrogens with zero attached hydrogens (tertiary/aromatic N) is 1. The van der Waals surface area contributed by atoms with Gasteiger partial charge in [-0.1, -0.05) is 48.0 Å². The zero-order chi connectivity index (χ0) is 31.4. The highest BCUT2D eigenvalue weighted by Gasteiger charge is 2.30. The van der Waals surface area contributed by atoms with Gasteiger partial charge in [-0.25, -0.2) is 13.1 Å². The number of carbonyl (C=O) groups excluding carboxylic acids is 1. The summed E-state index contributed by atoms with van der Waals surface area (Å²) in [6.07, 6.45) is 5.42. The standard InChI is InChI=1S/C34H37ClN2O6S/c1-22-30(42-2)18-27(19-31(22)43-3)34(39)28(16-24-14-25-8-4-5-9-26(25)15-24)21-37-13-12-23(20-37)17-33(38)36-44(40,41)32-11-7-6-10-29(32)35/h4-13,18-20,24,28,34,39H,14-17,21H2,1-3H3,(H,36,38)/t28-,34-/m1/s1. The van der Waals surface area contributed by atoms with E-state index >= 15 is 0 Å². The van der Waals surface area contributed by atoms with Crippen LogP contribution in [-0.4, -0.2) is 38.2 Å². The molecule has 1 aliphatic rings. The maximum atomic E-state index is 12.7. The summed E-state index contributed by atoms with van der Waals surface area (Å²) in [4.78, 5) is 12.6. The lowest BCUT2D eigenvalue weighted by Gasteiger charge is -2.27. The molecule has 0 radical (unpaired) electrons. The number of amides is 1. The summed E-state index contributed by atoms with van der Waals surface area (Å²) in [5.41, 5.74) is 4.92. The molecule has 0 aliphatic heterocycles. The SMILES string of the molecule is COc1cc([C@@H](O)[C@H](CC2Cc3ccccc3C2)Cn2ccc(CC(=O)NS(=O)(=O)c3ccccc3Cl)c2)cc(OC)c1C. The molecule has 3 aromatic carbocycles. The first kappa shape index (κ1) is 31.6. The Morgan fingerprint density at radius 1 is 1.02 bits per heavy atom. The van der Waals surface area contributed by atoms with E-state index in [0.29, 0.717) is 35.1 Å². The van der Waals surface area contributed by atoms with Crippen molar-refractivity contribution in [2.75, 3.05) is 14.2 Å². The number of nitrogens with one attached hydrogen (secondary N) is 1. The Hall–Kier alpha value is -3.79. The number of carbonyl (C=O) groups is 1. The van der Waals surface area contributed by atoms with Crippen molar-refractivity contribution in [3.63, 3.8) is 0 Å². The molecule has 1 heterocycles. The molecule has 10 heteroatoms. The number of ether oxygens (including phenoxy) is 2. The molecule has 5 rings (SSSR count). The van der Waals surface area contributed by atoms with Gasteiger partial charge in [0.2, 0.25) is 5.91 Å². The normalized spacial score (nSPS) is 14.6. The van der Waals surface area contributed by atoms with Gasteiger partial charge in [-0.2, -0.15) is 0 Å². The Morgan fingerprint density at radius 2 is 1.64 bits per heavy atom. The highest BCUT2D eigenvalue weighted by Crippen LogP contribution is 2.39. The first-order valence-corrected chi connectivity index (χ1v) is 16.4. The molecule has 0 fully saturated rings. The van der Waals surface area contributed by atoms with E-state index in [1.807, 2.05) is 36.0 Å². The van der Waals surface area contributed by atoms with E-state index in [0.717, 1.165) is 24.8 Å². The van der Waals surface area contributed by atoms with Crippen LogP contribution in [0.4, 0.5) is 0 Å². The van der Waals surface area contributed by atoms with Gasteiger partial charge in [-0.3, -0.25) is 4.79 Å². The van der Waals surface area contributed by atoms with E-state index in [9.17, 15) is 18.3 Å². The van der Waals surface area contributed by atoms with Crippen LogP contribution in [0.1, 0.15) is 40.3 Å². The van der Waals surface area contributed by atoms with Gasteiger partial charge in [-0.15, -0.1) is 0 Å². The number of hydrogen-bond acceptors (Lipinski definition) is 6. The van der Waals surface area contributed by atoms with Crippen molar-refractivity contribution in [2.24, 2.45) is 11.8 Å². The first-order chi connectivity index (χ1) is 21.1. The Balaban J connectivity index is 1.34. The topological polar surface area (TPSA) is 107 Å². The van der Waals surface area contributed by atoms with Gasteiger partial charge in [0.15, 0.2) is 0 Å². The predicted molar refractivity (Wildman–Crippen MR) is 170 cm³/mol. The number of aromatic nitrogens is 1. The van der Waals surface area contributed by atoms with Gasteiger partial charge in [0.05, 0.1) is 31.8 Å². The molecule has 2 atom stereocenters. The smallest absolute Gasteiger partial charge is 0.265 e. The van der Waals surface area contributed by atoms with E-state index in [4.69, 9.17) is 21.1 Å². The maximum Gasteiger partial charge on any atom is 0.265 e. The van der Waals surface area contributed by atoms with Crippen molar-refractivity contribution in [1.29, 1.82) is 0 Å². The van der Waals surface area contributed by atoms with E-state index in [2.05, 4.69) is 29.0 Å². The third-order valence-corrected chi connectivity index (χ3v) is 10.2. The molecule has 4 aromatic rings. The van der Waals surface area contributed by atoms with Crippen molar-refractivity contribution in [2.45, 2.75) is 50.2 Å². The second kappa shape index (κ2) is 13.5. The number of benzene rings is 3. The third kappa shape index (κ3) is 7.12. The third-order valence-electron chi connectivity index (χ3n) is 8.33. The van der Waals surface area contributed by atoms with E-state index < -0.39 is 22.0 Å². The molecule has 0 unspecified atom stereocenters. The Bertz CT molecular complexity index is 1700. The molecule has 1 amide bonds. The number of fused-ring (bicyclic) bond motifs is 1. The molecule has 1 aromatic heterocycles. The van der Waals surface area contributed by atoms with Crippen LogP contribution in [0.3, 0.4) is 0 Å². The first-order valence-electron chi connectivity index (χ1n) is 14.5. The molecule has 0 spiro atoms. The van der Waals surface area contributed by atoms with Crippen LogP contribution in [-0.2, 0) is 40.6 Å². The van der Waals surface area contributed by atoms with Crippen LogP contribution >= 0.6 is 11.6 Å². The molecule has 0 saturated heterocycles. The minimum atomic E-state index is -4.11. The number of aliphatic hydroxyl groups excluding tert-OH is 1. The average Bonchev–Trinajstić information content (AvgIpc) is 3.62. The Kier molecular flexibility index (Phi) is 9.68. The van der Waals surface area contributed by atoms with Crippen LogP contribution in [0, 0.1) is 18.8 Å². The van der Waals surface area contributed by atoms with Crippen LogP contribution in [0.2, 0.25) is 5.02 Å². The van der Waals surface area contributed by atoms with E-state index in [1.54, 1.807) is 32.4 Å². The summed E-state index contributed by atoms with van der Waals surface area (Å²) in [5, 5.41) is 11.8. The van der Waals surface area contributed by atoms with Gasteiger partial charge < -0.3 is 19.1 Å². The second-order valence-electron chi connectivity index (χ2n) is 11.4. The summed E-state index contributed by atoms with van der Waals surface area (Å²) in [6, 6.07) is 20.0. The fourth-order valence-electron chi connectivity index (χ4n) is 6.17. The van der Waals surface area contributed by atoms with Crippen molar-refractivity contribution >= 4 is 27.5 Å². The Morgan fingerprint density at radius 3 is 2.25 bits per heavy atom. The van der Waals surface area contributed by atoms with E-state index in [1.165, 1.54) is 23.3 Å². The molecular formula is C34H37ClN2O6S. The summed E-state index contributed by atoms with van der Waals surface area (Å²) in [7, 11) is -0.908. The number of hydrogen-bond donors (Lipinski definition) is 2. The molecule has 2 N–H and O–H groups in total. The summed E-state index contributed by atoms with van der Waals surface area (Å²) >= 11 is 6.03. The largest absolute Gasteiger partial charge is 0.496 e. The van der Waals surface area contributed by atoms with Crippen molar-refractivity contribution in [3.8, 4) is 11.5 Å². The van der Waals surface area contributed by atoms with Crippen LogP contribution in [0.15, 0.2) is 84.0 Å². The average molecular weight is 637 g/mol. The van der Waals surface area contributed by atoms with Crippen LogP contribution < -0.4 is 14.2 Å². The highest BCUT2D eigenvalue weighted by molar-refractivity contribution is 7.90. The molecule has 44 heavy (non-hydrogen) atoms. The zero-order valence-electron chi connectivity index (χ0n) is 25.0. The number of halogens is 1. The van der Waals surface area contributed by atoms with Crippen molar-refractivity contribution < 1.29 is 27.8 Å². The van der Waals surface area contributed by atoms with E-state index in [-0.39, 0.29) is 22.3 Å². The molecule has 8 nitrogen and oxygen atoms in total. The fraction of sp³-hybridized carbons (Fsp3) is 0.324. The van der Waals surface area contributed by atoms with Crippen LogP contribution in [0.5, 0.6) is 11.5 Å². The molecule has 0 saturated carbocycles. The molecular weight excluding hydrogens is 600 g/mol. The number of rotatable bonds is 12. The predicted octanol–water partition coefficient (Wildman–Crippen LogP) is 5.67. The lowest BCUT2D eigenvalue weighted by atomic mass is 9.85. The zero-order valence-corrected chi connectivity index (χ0v) is 26.6. The maximum absolute atomic E-state index is 12.7. The summed E-state index contributed by atoms with van der Waals surface area (Å²) in [6.45, 7) is 2.41. The van der Waals surface area contributed by atoms with Crippen molar-refractivity contribution in [1.82, 2.24) is 9.29 Å². The second-order valence-corrected chi connectivity index (χ2v) is 13.4. The molecule has 1 aliphatic carbocycles. The number of sulfonamides is 1. The van der Waals surface area contributed by atoms with Gasteiger partial charge in [0.25, 0.3) is 10.0 Å². The minimum absolute atomic E-state index is 0.0396. The molecule has 232 valence electrons. The summed E-state index contributed by atoms with van der Waals surface area (Å²) < 4.78 is 40.6. The van der Waals surface area contributed by atoms with Crippen LogP contribution in [0.25, 0.3) is 0 Å². The summed E-state index contributed by atoms with van der Waals surface area (Å²) in [5.74, 6) is 0.831. The lowest BCUT2D eigenvalue weighted by Crippen LogP contribution is -2.31. The van der Waals surface area contributed by atoms with Crippen molar-refractivity contribution in [3.05, 3.63) is 112 Å². The van der Waals surface area contributed by atoms with Gasteiger partial charge in [-0.05, 0) is 84.7 Å². The number of methoxy groups -OCH3 is 2. The Labute approximate surface area is 263 Å². The monoisotopic (exact) mass is 636 g/mol. The minimum Gasteiger partial charge on any atom is -0.496 e. The fourth-order valence-corrected chi connectivity index (χ4v) is 7.67. The van der Waals surface area contributed by atoms with Gasteiger partial charge in [0.1, 0.15) is 16.4 Å². The molecule has 0 bridgehead atoms. The highest BCUT2D eigenvalue weighted by atomic mass is 35.5.